The third kappa shape index (κ3) is 4.51. The van der Waals surface area contributed by atoms with Gasteiger partial charge in [0, 0.05) is 11.6 Å². The second-order valence-corrected chi connectivity index (χ2v) is 5.51. The summed E-state index contributed by atoms with van der Waals surface area (Å²) in [5.74, 6) is 2.25. The Hall–Kier alpha value is -1.46. The number of hydrogen-bond donors (Lipinski definition) is 2. The SMILES string of the molecule is COc1cc(OC)c([C@H](N)[C@H](O)CCC(C)C)cc1OC. The molecule has 1 rings (SSSR count). The molecule has 3 N–H and O–H groups in total. The Morgan fingerprint density at radius 2 is 1.48 bits per heavy atom. The molecule has 0 amide bonds. The highest BCUT2D eigenvalue weighted by molar-refractivity contribution is 5.52. The van der Waals surface area contributed by atoms with Crippen LogP contribution >= 0.6 is 0 Å². The molecule has 0 spiro atoms. The molecule has 0 aromatic heterocycles. The van der Waals surface area contributed by atoms with Crippen LogP contribution in [0.2, 0.25) is 0 Å². The number of aliphatic hydroxyl groups excluding tert-OH is 1. The van der Waals surface area contributed by atoms with Crippen molar-refractivity contribution in [3.63, 3.8) is 0 Å². The topological polar surface area (TPSA) is 73.9 Å². The number of ether oxygens (including phenoxy) is 3. The quantitative estimate of drug-likeness (QED) is 0.771. The van der Waals surface area contributed by atoms with Crippen LogP contribution in [0.15, 0.2) is 12.1 Å². The van der Waals surface area contributed by atoms with Crippen molar-refractivity contribution in [1.82, 2.24) is 0 Å². The van der Waals surface area contributed by atoms with Crippen molar-refractivity contribution in [2.24, 2.45) is 11.7 Å². The van der Waals surface area contributed by atoms with Crippen LogP contribution in [0.4, 0.5) is 0 Å². The van der Waals surface area contributed by atoms with E-state index in [2.05, 4.69) is 13.8 Å². The Labute approximate surface area is 127 Å². The molecule has 5 nitrogen and oxygen atoms in total. The largest absolute Gasteiger partial charge is 0.496 e. The number of benzene rings is 1. The van der Waals surface area contributed by atoms with Gasteiger partial charge in [0.2, 0.25) is 0 Å². The van der Waals surface area contributed by atoms with Gasteiger partial charge in [-0.3, -0.25) is 0 Å². The molecule has 0 saturated carbocycles. The molecule has 120 valence electrons. The number of rotatable bonds is 8. The maximum absolute atomic E-state index is 10.3. The number of aliphatic hydroxyl groups is 1. The summed E-state index contributed by atoms with van der Waals surface area (Å²) >= 11 is 0. The van der Waals surface area contributed by atoms with E-state index in [1.807, 2.05) is 0 Å². The minimum atomic E-state index is -0.626. The summed E-state index contributed by atoms with van der Waals surface area (Å²) in [5.41, 5.74) is 6.90. The monoisotopic (exact) mass is 297 g/mol. The zero-order valence-electron chi connectivity index (χ0n) is 13.6. The smallest absolute Gasteiger partial charge is 0.164 e. The summed E-state index contributed by atoms with van der Waals surface area (Å²) in [6.45, 7) is 4.24. The van der Waals surface area contributed by atoms with Gasteiger partial charge in [0.05, 0.1) is 33.5 Å². The summed E-state index contributed by atoms with van der Waals surface area (Å²) in [7, 11) is 4.70. The lowest BCUT2D eigenvalue weighted by atomic mass is 9.95. The molecule has 5 heteroatoms. The summed E-state index contributed by atoms with van der Waals surface area (Å²) in [4.78, 5) is 0. The summed E-state index contributed by atoms with van der Waals surface area (Å²) < 4.78 is 15.9. The lowest BCUT2D eigenvalue weighted by Crippen LogP contribution is -2.27. The van der Waals surface area contributed by atoms with Gasteiger partial charge in [-0.2, -0.15) is 0 Å². The van der Waals surface area contributed by atoms with Gasteiger partial charge in [-0.05, 0) is 24.8 Å². The first-order valence-electron chi connectivity index (χ1n) is 7.18. The Kier molecular flexibility index (Phi) is 6.78. The molecule has 21 heavy (non-hydrogen) atoms. The van der Waals surface area contributed by atoms with Crippen molar-refractivity contribution in [3.05, 3.63) is 17.7 Å². The molecular formula is C16H27NO4. The van der Waals surface area contributed by atoms with Gasteiger partial charge in [-0.15, -0.1) is 0 Å². The second-order valence-electron chi connectivity index (χ2n) is 5.51. The van der Waals surface area contributed by atoms with E-state index in [1.165, 1.54) is 0 Å². The van der Waals surface area contributed by atoms with Gasteiger partial charge in [0.25, 0.3) is 0 Å². The van der Waals surface area contributed by atoms with Crippen molar-refractivity contribution >= 4 is 0 Å². The van der Waals surface area contributed by atoms with Crippen molar-refractivity contribution in [2.75, 3.05) is 21.3 Å². The summed E-state index contributed by atoms with van der Waals surface area (Å²) in [5, 5.41) is 10.3. The molecule has 0 bridgehead atoms. The van der Waals surface area contributed by atoms with Crippen molar-refractivity contribution in [2.45, 2.75) is 38.8 Å². The Balaban J connectivity index is 3.03. The van der Waals surface area contributed by atoms with Crippen LogP contribution in [-0.4, -0.2) is 32.5 Å². The van der Waals surface area contributed by atoms with Gasteiger partial charge in [0.1, 0.15) is 5.75 Å². The molecule has 0 unspecified atom stereocenters. The Bertz CT molecular complexity index is 448. The zero-order chi connectivity index (χ0) is 16.0. The van der Waals surface area contributed by atoms with E-state index in [4.69, 9.17) is 19.9 Å². The van der Waals surface area contributed by atoms with Crippen LogP contribution in [0.3, 0.4) is 0 Å². The van der Waals surface area contributed by atoms with Crippen LogP contribution in [0, 0.1) is 5.92 Å². The molecule has 0 radical (unpaired) electrons. The fraction of sp³-hybridized carbons (Fsp3) is 0.625. The molecule has 0 fully saturated rings. The molecule has 0 aliphatic carbocycles. The van der Waals surface area contributed by atoms with Crippen molar-refractivity contribution in [1.29, 1.82) is 0 Å². The Morgan fingerprint density at radius 1 is 0.952 bits per heavy atom. The number of hydrogen-bond acceptors (Lipinski definition) is 5. The highest BCUT2D eigenvalue weighted by Crippen LogP contribution is 2.38. The maximum atomic E-state index is 10.3. The first-order chi connectivity index (χ1) is 9.94. The molecule has 2 atom stereocenters. The van der Waals surface area contributed by atoms with E-state index in [9.17, 15) is 5.11 Å². The van der Waals surface area contributed by atoms with Crippen LogP contribution in [0.1, 0.15) is 38.3 Å². The molecule has 1 aromatic carbocycles. The standard InChI is InChI=1S/C16H27NO4/c1-10(2)6-7-12(18)16(17)11-8-14(20-4)15(21-5)9-13(11)19-3/h8-10,12,16,18H,6-7,17H2,1-5H3/t12-,16+/m1/s1. The van der Waals surface area contributed by atoms with Gasteiger partial charge < -0.3 is 25.1 Å². The van der Waals surface area contributed by atoms with E-state index < -0.39 is 12.1 Å². The van der Waals surface area contributed by atoms with E-state index in [1.54, 1.807) is 33.5 Å². The van der Waals surface area contributed by atoms with Crippen molar-refractivity contribution in [3.8, 4) is 17.2 Å². The highest BCUT2D eigenvalue weighted by atomic mass is 16.5. The first kappa shape index (κ1) is 17.6. The van der Waals surface area contributed by atoms with Gasteiger partial charge in [-0.1, -0.05) is 13.8 Å². The average Bonchev–Trinajstić information content (AvgIpc) is 2.50. The van der Waals surface area contributed by atoms with Crippen LogP contribution in [0.25, 0.3) is 0 Å². The van der Waals surface area contributed by atoms with E-state index in [-0.39, 0.29) is 0 Å². The molecule has 0 aliphatic heterocycles. The van der Waals surface area contributed by atoms with Crippen LogP contribution in [-0.2, 0) is 0 Å². The van der Waals surface area contributed by atoms with Gasteiger partial charge in [-0.25, -0.2) is 0 Å². The number of nitrogens with two attached hydrogens (primary N) is 1. The predicted octanol–water partition coefficient (Wildman–Crippen LogP) is 2.51. The third-order valence-corrected chi connectivity index (χ3v) is 3.55. The molecule has 1 aromatic rings. The minimum Gasteiger partial charge on any atom is -0.496 e. The molecule has 0 heterocycles. The summed E-state index contributed by atoms with van der Waals surface area (Å²) in [6, 6.07) is 2.96. The van der Waals surface area contributed by atoms with Crippen LogP contribution in [0.5, 0.6) is 17.2 Å². The van der Waals surface area contributed by atoms with Gasteiger partial charge >= 0.3 is 0 Å². The van der Waals surface area contributed by atoms with Gasteiger partial charge in [0.15, 0.2) is 11.5 Å². The number of methoxy groups -OCH3 is 3. The second kappa shape index (κ2) is 8.10. The fourth-order valence-corrected chi connectivity index (χ4v) is 2.20. The van der Waals surface area contributed by atoms with Crippen LogP contribution < -0.4 is 19.9 Å². The molecule has 0 aliphatic rings. The lowest BCUT2D eigenvalue weighted by molar-refractivity contribution is 0.127. The minimum absolute atomic E-state index is 0.527. The van der Waals surface area contributed by atoms with Crippen molar-refractivity contribution < 1.29 is 19.3 Å². The molecular weight excluding hydrogens is 270 g/mol. The molecule has 0 saturated heterocycles. The predicted molar refractivity (Wildman–Crippen MR) is 83.1 cm³/mol. The zero-order valence-corrected chi connectivity index (χ0v) is 13.6. The third-order valence-electron chi connectivity index (χ3n) is 3.55. The normalized spacial score (nSPS) is 13.9. The van der Waals surface area contributed by atoms with E-state index in [0.717, 1.165) is 6.42 Å². The van der Waals surface area contributed by atoms with E-state index >= 15 is 0 Å². The Morgan fingerprint density at radius 3 is 1.95 bits per heavy atom. The summed E-state index contributed by atoms with van der Waals surface area (Å²) in [6.07, 6.45) is 0.945. The highest BCUT2D eigenvalue weighted by Gasteiger charge is 2.23. The average molecular weight is 297 g/mol. The fourth-order valence-electron chi connectivity index (χ4n) is 2.20. The lowest BCUT2D eigenvalue weighted by Gasteiger charge is -2.23. The van der Waals surface area contributed by atoms with E-state index in [0.29, 0.717) is 35.2 Å². The maximum Gasteiger partial charge on any atom is 0.164 e. The first-order valence-corrected chi connectivity index (χ1v) is 7.18.